The first kappa shape index (κ1) is 13.8. The molecule has 6 heteroatoms. The van der Waals surface area contributed by atoms with Crippen LogP contribution < -0.4 is 11.2 Å². The molecule has 2 N–H and O–H groups in total. The second-order valence-electron chi connectivity index (χ2n) is 4.89. The summed E-state index contributed by atoms with van der Waals surface area (Å²) in [6.45, 7) is 1.63. The van der Waals surface area contributed by atoms with E-state index >= 15 is 0 Å². The standard InChI is InChI=1S/C16H12N2O4/c1-9-14(19)11-7-8-12(17)13(18(20)21)16(11)22-15(9)10-5-3-2-4-6-10/h2-8H,17H2,1H3. The molecule has 22 heavy (non-hydrogen) atoms. The molecular formula is C16H12N2O4. The number of nitrogens with zero attached hydrogens (tertiary/aromatic N) is 1. The van der Waals surface area contributed by atoms with Crippen molar-refractivity contribution in [1.29, 1.82) is 0 Å². The smallest absolute Gasteiger partial charge is 0.334 e. The molecule has 0 fully saturated rings. The summed E-state index contributed by atoms with van der Waals surface area (Å²) >= 11 is 0. The zero-order valence-electron chi connectivity index (χ0n) is 11.7. The van der Waals surface area contributed by atoms with E-state index in [2.05, 4.69) is 0 Å². The molecule has 3 aromatic rings. The molecule has 0 bridgehead atoms. The fraction of sp³-hybridized carbons (Fsp3) is 0.0625. The van der Waals surface area contributed by atoms with Crippen molar-refractivity contribution in [2.45, 2.75) is 6.92 Å². The molecule has 0 spiro atoms. The molecule has 3 rings (SSSR count). The first-order valence-electron chi connectivity index (χ1n) is 6.56. The van der Waals surface area contributed by atoms with E-state index in [1.807, 2.05) is 6.07 Å². The highest BCUT2D eigenvalue weighted by molar-refractivity contribution is 5.92. The minimum atomic E-state index is -0.634. The summed E-state index contributed by atoms with van der Waals surface area (Å²) in [7, 11) is 0. The van der Waals surface area contributed by atoms with Gasteiger partial charge in [-0.25, -0.2) is 0 Å². The molecule has 0 amide bonds. The summed E-state index contributed by atoms with van der Waals surface area (Å²) in [5.74, 6) is 0.312. The predicted molar refractivity (Wildman–Crippen MR) is 83.7 cm³/mol. The van der Waals surface area contributed by atoms with E-state index in [0.29, 0.717) is 16.9 Å². The zero-order chi connectivity index (χ0) is 15.9. The maximum atomic E-state index is 12.5. The van der Waals surface area contributed by atoms with Crippen LogP contribution in [0, 0.1) is 17.0 Å². The molecular weight excluding hydrogens is 284 g/mol. The largest absolute Gasteiger partial charge is 0.448 e. The maximum Gasteiger partial charge on any atom is 0.334 e. The van der Waals surface area contributed by atoms with Crippen LogP contribution in [0.5, 0.6) is 0 Å². The van der Waals surface area contributed by atoms with Crippen LogP contribution in [-0.2, 0) is 0 Å². The number of nitro benzene ring substituents is 1. The second kappa shape index (κ2) is 5.00. The molecule has 0 saturated carbocycles. The average Bonchev–Trinajstić information content (AvgIpc) is 2.51. The van der Waals surface area contributed by atoms with Gasteiger partial charge in [0, 0.05) is 11.1 Å². The van der Waals surface area contributed by atoms with Gasteiger partial charge in [-0.2, -0.15) is 0 Å². The zero-order valence-corrected chi connectivity index (χ0v) is 11.7. The fourth-order valence-electron chi connectivity index (χ4n) is 2.41. The molecule has 0 aliphatic carbocycles. The van der Waals surface area contributed by atoms with E-state index in [4.69, 9.17) is 10.2 Å². The molecule has 0 saturated heterocycles. The minimum absolute atomic E-state index is 0.0384. The van der Waals surface area contributed by atoms with Crippen LogP contribution >= 0.6 is 0 Å². The Kier molecular flexibility index (Phi) is 3.14. The quantitative estimate of drug-likeness (QED) is 0.444. The van der Waals surface area contributed by atoms with E-state index in [1.165, 1.54) is 12.1 Å². The van der Waals surface area contributed by atoms with Crippen LogP contribution in [0.4, 0.5) is 11.4 Å². The van der Waals surface area contributed by atoms with Crippen LogP contribution in [0.3, 0.4) is 0 Å². The number of nitro groups is 1. The van der Waals surface area contributed by atoms with Crippen molar-refractivity contribution >= 4 is 22.3 Å². The predicted octanol–water partition coefficient (Wildman–Crippen LogP) is 3.26. The number of hydrogen-bond donors (Lipinski definition) is 1. The monoisotopic (exact) mass is 296 g/mol. The Morgan fingerprint density at radius 1 is 1.14 bits per heavy atom. The number of nitrogens with two attached hydrogens (primary N) is 1. The lowest BCUT2D eigenvalue weighted by Gasteiger charge is -2.08. The van der Waals surface area contributed by atoms with Crippen molar-refractivity contribution in [2.24, 2.45) is 0 Å². The summed E-state index contributed by atoms with van der Waals surface area (Å²) in [4.78, 5) is 23.1. The summed E-state index contributed by atoms with van der Waals surface area (Å²) < 4.78 is 5.71. The topological polar surface area (TPSA) is 99.4 Å². The van der Waals surface area contributed by atoms with E-state index in [9.17, 15) is 14.9 Å². The molecule has 1 aromatic heterocycles. The SMILES string of the molecule is Cc1c(-c2ccccc2)oc2c([N+](=O)[O-])c(N)ccc2c1=O. The highest BCUT2D eigenvalue weighted by Gasteiger charge is 2.23. The summed E-state index contributed by atoms with van der Waals surface area (Å²) in [6.07, 6.45) is 0. The average molecular weight is 296 g/mol. The summed E-state index contributed by atoms with van der Waals surface area (Å²) in [6, 6.07) is 11.8. The van der Waals surface area contributed by atoms with Gasteiger partial charge in [-0.1, -0.05) is 30.3 Å². The van der Waals surface area contributed by atoms with Crippen molar-refractivity contribution in [3.63, 3.8) is 0 Å². The van der Waals surface area contributed by atoms with Gasteiger partial charge >= 0.3 is 5.69 Å². The molecule has 6 nitrogen and oxygen atoms in total. The second-order valence-corrected chi connectivity index (χ2v) is 4.89. The molecule has 0 atom stereocenters. The number of anilines is 1. The Morgan fingerprint density at radius 3 is 2.45 bits per heavy atom. The minimum Gasteiger partial charge on any atom is -0.448 e. The van der Waals surface area contributed by atoms with Gasteiger partial charge in [-0.15, -0.1) is 0 Å². The first-order valence-corrected chi connectivity index (χ1v) is 6.56. The van der Waals surface area contributed by atoms with Gasteiger partial charge < -0.3 is 10.2 Å². The number of rotatable bonds is 2. The lowest BCUT2D eigenvalue weighted by Crippen LogP contribution is -2.09. The Balaban J connectivity index is 2.47. The van der Waals surface area contributed by atoms with Gasteiger partial charge in [-0.05, 0) is 19.1 Å². The Bertz CT molecular complexity index is 946. The fourth-order valence-corrected chi connectivity index (χ4v) is 2.41. The van der Waals surface area contributed by atoms with E-state index in [0.717, 1.165) is 0 Å². The maximum absolute atomic E-state index is 12.5. The van der Waals surface area contributed by atoms with Crippen LogP contribution in [-0.4, -0.2) is 4.92 Å². The van der Waals surface area contributed by atoms with Gasteiger partial charge in [0.2, 0.25) is 5.58 Å². The number of fused-ring (bicyclic) bond motifs is 1. The van der Waals surface area contributed by atoms with E-state index < -0.39 is 4.92 Å². The van der Waals surface area contributed by atoms with Gasteiger partial charge in [-0.3, -0.25) is 14.9 Å². The van der Waals surface area contributed by atoms with Gasteiger partial charge in [0.1, 0.15) is 11.4 Å². The van der Waals surface area contributed by atoms with Crippen molar-refractivity contribution in [1.82, 2.24) is 0 Å². The number of hydrogen-bond acceptors (Lipinski definition) is 5. The molecule has 0 aliphatic heterocycles. The van der Waals surface area contributed by atoms with E-state index in [-0.39, 0.29) is 27.8 Å². The van der Waals surface area contributed by atoms with Gasteiger partial charge in [0.25, 0.3) is 0 Å². The normalized spacial score (nSPS) is 10.8. The van der Waals surface area contributed by atoms with Crippen molar-refractivity contribution < 1.29 is 9.34 Å². The molecule has 0 unspecified atom stereocenters. The first-order chi connectivity index (χ1) is 10.5. The van der Waals surface area contributed by atoms with Gasteiger partial charge in [0.15, 0.2) is 5.43 Å². The highest BCUT2D eigenvalue weighted by atomic mass is 16.6. The Labute approximate surface area is 124 Å². The van der Waals surface area contributed by atoms with E-state index in [1.54, 1.807) is 31.2 Å². The third-order valence-electron chi connectivity index (χ3n) is 3.51. The summed E-state index contributed by atoms with van der Waals surface area (Å²) in [5, 5.41) is 11.4. The lowest BCUT2D eigenvalue weighted by molar-refractivity contribution is -0.382. The van der Waals surface area contributed by atoms with Crippen molar-refractivity contribution in [3.8, 4) is 11.3 Å². The molecule has 2 aromatic carbocycles. The summed E-state index contributed by atoms with van der Waals surface area (Å²) in [5.41, 5.74) is 5.92. The molecule has 0 radical (unpaired) electrons. The van der Waals surface area contributed by atoms with Crippen molar-refractivity contribution in [2.75, 3.05) is 5.73 Å². The Morgan fingerprint density at radius 2 is 1.82 bits per heavy atom. The lowest BCUT2D eigenvalue weighted by atomic mass is 10.1. The van der Waals surface area contributed by atoms with Gasteiger partial charge in [0.05, 0.1) is 10.3 Å². The van der Waals surface area contributed by atoms with Crippen molar-refractivity contribution in [3.05, 3.63) is 68.4 Å². The van der Waals surface area contributed by atoms with Crippen LogP contribution in [0.25, 0.3) is 22.3 Å². The number of nitrogen functional groups attached to an aromatic ring is 1. The molecule has 1 heterocycles. The third kappa shape index (κ3) is 2.01. The van der Waals surface area contributed by atoms with Crippen LogP contribution in [0.15, 0.2) is 51.7 Å². The molecule has 110 valence electrons. The number of benzene rings is 2. The van der Waals surface area contributed by atoms with Crippen LogP contribution in [0.2, 0.25) is 0 Å². The highest BCUT2D eigenvalue weighted by Crippen LogP contribution is 2.34. The third-order valence-corrected chi connectivity index (χ3v) is 3.51. The molecule has 0 aliphatic rings. The Hall–Kier alpha value is -3.15. The van der Waals surface area contributed by atoms with Crippen LogP contribution in [0.1, 0.15) is 5.56 Å².